The molecule has 8 N–H and O–H groups in total. The van der Waals surface area contributed by atoms with Crippen molar-refractivity contribution in [2.45, 2.75) is 24.5 Å². The highest BCUT2D eigenvalue weighted by molar-refractivity contribution is 7.66. The first-order valence-electron chi connectivity index (χ1n) is 7.11. The van der Waals surface area contributed by atoms with Gasteiger partial charge in [-0.25, -0.2) is 18.5 Å². The van der Waals surface area contributed by atoms with E-state index in [1.165, 1.54) is 0 Å². The molecule has 0 radical (unpaired) electrons. The van der Waals surface area contributed by atoms with Crippen LogP contribution in [0.5, 0.6) is 0 Å². The smallest absolute Gasteiger partial charge is 0.387 e. The minimum absolute atomic E-state index is 0.233. The summed E-state index contributed by atoms with van der Waals surface area (Å²) in [5.74, 6) is -0.233. The Morgan fingerprint density at radius 2 is 1.72 bits per heavy atom. The van der Waals surface area contributed by atoms with Gasteiger partial charge < -0.3 is 40.3 Å². The van der Waals surface area contributed by atoms with Crippen LogP contribution >= 0.6 is 23.5 Å². The minimum Gasteiger partial charge on any atom is -0.387 e. The van der Waals surface area contributed by atoms with Crippen molar-refractivity contribution in [3.05, 3.63) is 16.7 Å². The molecule has 166 valence electrons. The van der Waals surface area contributed by atoms with Gasteiger partial charge in [0.1, 0.15) is 24.1 Å². The molecule has 4 unspecified atom stereocenters. The topological polar surface area (TPSA) is 283 Å². The Kier molecular flexibility index (Phi) is 7.14. The number of hydrogen-bond acceptors (Lipinski definition) is 13. The molecule has 1 fully saturated rings. The Morgan fingerprint density at radius 3 is 2.28 bits per heavy atom. The Balaban J connectivity index is 2.05. The van der Waals surface area contributed by atoms with Crippen molar-refractivity contribution >= 4 is 29.3 Å². The van der Waals surface area contributed by atoms with E-state index in [1.54, 1.807) is 0 Å². The normalized spacial score (nSPS) is 29.3. The highest BCUT2D eigenvalue weighted by Gasteiger charge is 2.47. The molecule has 1 saturated heterocycles. The van der Waals surface area contributed by atoms with E-state index in [9.17, 15) is 33.6 Å². The van der Waals surface area contributed by atoms with Crippen molar-refractivity contribution in [3.8, 4) is 0 Å². The Morgan fingerprint density at radius 1 is 1.10 bits per heavy atom. The number of anilines is 1. The number of phosphoric acid groups is 3. The predicted octanol–water partition coefficient (Wildman–Crippen LogP) is -2.82. The number of nitrogens with zero attached hydrogens (tertiary/aromatic N) is 3. The third kappa shape index (κ3) is 6.70. The molecule has 1 aromatic heterocycles. The molecule has 0 aliphatic carbocycles. The molecule has 0 spiro atoms. The Hall–Kier alpha value is -1.10. The number of phosphoric ester groups is 1. The van der Waals surface area contributed by atoms with Crippen LogP contribution in [0, 0.1) is 0 Å². The van der Waals surface area contributed by atoms with Gasteiger partial charge in [-0.15, -0.1) is 0 Å². The van der Waals surface area contributed by atoms with E-state index in [4.69, 9.17) is 25.2 Å². The quantitative estimate of drug-likeness (QED) is 0.183. The maximum Gasteiger partial charge on any atom is 0.490 e. The molecule has 29 heavy (non-hydrogen) atoms. The third-order valence-electron chi connectivity index (χ3n) is 3.13. The molecule has 1 aliphatic heterocycles. The number of hydrogen-bond donors (Lipinski definition) is 7. The Bertz CT molecular complexity index is 947. The van der Waals surface area contributed by atoms with Crippen LogP contribution in [0.3, 0.4) is 0 Å². The maximum absolute atomic E-state index is 11.7. The van der Waals surface area contributed by atoms with Crippen molar-refractivity contribution in [1.29, 1.82) is 0 Å². The van der Waals surface area contributed by atoms with E-state index in [2.05, 4.69) is 23.2 Å². The van der Waals surface area contributed by atoms with Gasteiger partial charge in [0.15, 0.2) is 6.23 Å². The molecule has 0 saturated carbocycles. The van der Waals surface area contributed by atoms with Gasteiger partial charge in [-0.2, -0.15) is 23.4 Å². The molecule has 2 rings (SSSR count). The number of nitrogen functional groups attached to an aromatic ring is 1. The lowest BCUT2D eigenvalue weighted by molar-refractivity contribution is -0.0608. The van der Waals surface area contributed by atoms with Crippen LogP contribution in [0.1, 0.15) is 6.23 Å². The summed E-state index contributed by atoms with van der Waals surface area (Å²) in [5.41, 5.74) is 4.22. The first-order valence-corrected chi connectivity index (χ1v) is 11.6. The first-order chi connectivity index (χ1) is 13.1. The zero-order chi connectivity index (χ0) is 22.2. The number of ether oxygens (including phenoxy) is 1. The fourth-order valence-corrected chi connectivity index (χ4v) is 5.11. The zero-order valence-corrected chi connectivity index (χ0v) is 16.5. The number of aromatic nitrogens is 3. The van der Waals surface area contributed by atoms with Gasteiger partial charge in [-0.1, -0.05) is 0 Å². The van der Waals surface area contributed by atoms with E-state index in [-0.39, 0.29) is 5.82 Å². The van der Waals surface area contributed by atoms with Crippen molar-refractivity contribution in [1.82, 2.24) is 14.8 Å². The molecule has 21 heteroatoms. The number of rotatable bonds is 8. The molecule has 6 atom stereocenters. The monoisotopic (exact) mass is 484 g/mol. The van der Waals surface area contributed by atoms with Crippen molar-refractivity contribution in [2.24, 2.45) is 0 Å². The molecule has 1 aliphatic rings. The average molecular weight is 484 g/mol. The van der Waals surface area contributed by atoms with Crippen LogP contribution in [0.15, 0.2) is 11.0 Å². The molecule has 0 bridgehead atoms. The summed E-state index contributed by atoms with van der Waals surface area (Å²) >= 11 is 0. The van der Waals surface area contributed by atoms with Crippen LogP contribution in [-0.4, -0.2) is 69.5 Å². The second-order valence-corrected chi connectivity index (χ2v) is 9.76. The number of aliphatic hydroxyl groups excluding tert-OH is 2. The molecule has 0 aromatic carbocycles. The largest absolute Gasteiger partial charge is 0.490 e. The lowest BCUT2D eigenvalue weighted by Crippen LogP contribution is -2.37. The number of aliphatic hydroxyl groups is 2. The molecule has 1 aromatic rings. The fraction of sp³-hybridized carbons (Fsp3) is 0.625. The van der Waals surface area contributed by atoms with Crippen LogP contribution in [-0.2, 0) is 31.6 Å². The van der Waals surface area contributed by atoms with Gasteiger partial charge in [0.2, 0.25) is 0 Å². The van der Waals surface area contributed by atoms with Gasteiger partial charge >= 0.3 is 29.2 Å². The Labute approximate surface area is 159 Å². The standard InChI is InChI=1S/C8H15N4O14P3/c9-4-1-10-12(8(15)11-4)7-6(14)5(13)3(24-7)2-23-28(19,20)26-29(21,22)25-27(16,17)18/h1,3,5-7,13-14H,2H2,(H,19,20)(H,21,22)(H2,9,11,15)(H2,16,17,18)/t3-,5?,6?,7-/m1/s1. The van der Waals surface area contributed by atoms with Crippen LogP contribution < -0.4 is 11.4 Å². The number of nitrogens with two attached hydrogens (primary N) is 1. The summed E-state index contributed by atoms with van der Waals surface area (Å²) in [5, 5.41) is 23.5. The summed E-state index contributed by atoms with van der Waals surface area (Å²) in [7, 11) is -16.8. The molecule has 2 heterocycles. The van der Waals surface area contributed by atoms with Crippen LogP contribution in [0.4, 0.5) is 5.82 Å². The summed E-state index contributed by atoms with van der Waals surface area (Å²) in [6, 6.07) is 0. The predicted molar refractivity (Wildman–Crippen MR) is 86.4 cm³/mol. The second-order valence-electron chi connectivity index (χ2n) is 5.34. The summed E-state index contributed by atoms with van der Waals surface area (Å²) in [6.45, 7) is -1.05. The third-order valence-corrected chi connectivity index (χ3v) is 6.93. The van der Waals surface area contributed by atoms with Crippen molar-refractivity contribution in [2.75, 3.05) is 12.3 Å². The van der Waals surface area contributed by atoms with Gasteiger partial charge in [0, 0.05) is 0 Å². The second kappa shape index (κ2) is 8.56. The SMILES string of the molecule is Nc1cnn([C@@H]2O[C@H](COP(=O)(O)OP(=O)(O)OP(=O)(O)O)C(O)C2O)c(=O)n1. The summed E-state index contributed by atoms with van der Waals surface area (Å²) in [6.07, 6.45) is -5.80. The van der Waals surface area contributed by atoms with E-state index >= 15 is 0 Å². The zero-order valence-electron chi connectivity index (χ0n) is 13.8. The fourth-order valence-electron chi connectivity index (χ4n) is 2.08. The summed E-state index contributed by atoms with van der Waals surface area (Å²) in [4.78, 5) is 50.3. The van der Waals surface area contributed by atoms with E-state index in [0.29, 0.717) is 4.68 Å². The van der Waals surface area contributed by atoms with E-state index in [1.807, 2.05) is 0 Å². The highest BCUT2D eigenvalue weighted by Crippen LogP contribution is 2.66. The van der Waals surface area contributed by atoms with Crippen molar-refractivity contribution < 1.29 is 61.4 Å². The summed E-state index contributed by atoms with van der Waals surface area (Å²) < 4.78 is 50.4. The minimum atomic E-state index is -5.72. The van der Waals surface area contributed by atoms with Crippen LogP contribution in [0.2, 0.25) is 0 Å². The molecule has 18 nitrogen and oxygen atoms in total. The highest BCUT2D eigenvalue weighted by atomic mass is 31.3. The van der Waals surface area contributed by atoms with Gasteiger partial charge in [-0.3, -0.25) is 4.52 Å². The van der Waals surface area contributed by atoms with Crippen LogP contribution in [0.25, 0.3) is 0 Å². The average Bonchev–Trinajstić information content (AvgIpc) is 2.78. The molecule has 0 amide bonds. The van der Waals surface area contributed by atoms with E-state index < -0.39 is 60.3 Å². The lowest BCUT2D eigenvalue weighted by atomic mass is 10.1. The maximum atomic E-state index is 11.7. The molecular formula is C8H15N4O14P3. The lowest BCUT2D eigenvalue weighted by Gasteiger charge is -2.19. The van der Waals surface area contributed by atoms with E-state index in [0.717, 1.165) is 6.20 Å². The van der Waals surface area contributed by atoms with Gasteiger partial charge in [0.25, 0.3) is 0 Å². The first kappa shape index (κ1) is 24.2. The van der Waals surface area contributed by atoms with Crippen molar-refractivity contribution in [3.63, 3.8) is 0 Å². The van der Waals surface area contributed by atoms with Gasteiger partial charge in [-0.05, 0) is 0 Å². The van der Waals surface area contributed by atoms with Gasteiger partial charge in [0.05, 0.1) is 12.8 Å². The molecular weight excluding hydrogens is 469 g/mol.